The molecule has 0 aliphatic heterocycles. The fraction of sp³-hybridized carbons (Fsp3) is 0.188. The molecule has 0 heterocycles. The molecule has 110 valence electrons. The van der Waals surface area contributed by atoms with Crippen molar-refractivity contribution in [2.45, 2.75) is 0 Å². The highest BCUT2D eigenvalue weighted by Crippen LogP contribution is 2.27. The van der Waals surface area contributed by atoms with Crippen molar-refractivity contribution in [3.63, 3.8) is 0 Å². The number of rotatable bonds is 6. The highest BCUT2D eigenvalue weighted by molar-refractivity contribution is 9.10. The van der Waals surface area contributed by atoms with Crippen molar-refractivity contribution in [2.24, 2.45) is 0 Å². The maximum Gasteiger partial charge on any atom is 0.200 e. The third kappa shape index (κ3) is 3.68. The van der Waals surface area contributed by atoms with Crippen LogP contribution in [0.4, 0.5) is 4.39 Å². The second-order valence-electron chi connectivity index (χ2n) is 4.26. The number of benzene rings is 2. The van der Waals surface area contributed by atoms with Crippen LogP contribution in [-0.2, 0) is 4.74 Å². The van der Waals surface area contributed by atoms with Gasteiger partial charge in [-0.3, -0.25) is 4.79 Å². The molecule has 0 aromatic heterocycles. The highest BCUT2D eigenvalue weighted by atomic mass is 79.9. The van der Waals surface area contributed by atoms with Gasteiger partial charge in [-0.15, -0.1) is 0 Å². The zero-order chi connectivity index (χ0) is 15.2. The molecule has 0 atom stereocenters. The summed E-state index contributed by atoms with van der Waals surface area (Å²) in [6.07, 6.45) is 0. The van der Waals surface area contributed by atoms with Gasteiger partial charge in [-0.2, -0.15) is 0 Å². The zero-order valence-corrected chi connectivity index (χ0v) is 13.0. The molecule has 0 amide bonds. The van der Waals surface area contributed by atoms with Gasteiger partial charge in [0.15, 0.2) is 0 Å². The molecule has 0 aliphatic rings. The molecule has 2 rings (SSSR count). The minimum Gasteiger partial charge on any atom is -0.490 e. The predicted octanol–water partition coefficient (Wildman–Crippen LogP) is 3.84. The summed E-state index contributed by atoms with van der Waals surface area (Å²) in [6.45, 7) is 0.727. The van der Waals surface area contributed by atoms with Crippen LogP contribution in [-0.4, -0.2) is 26.1 Å². The summed E-state index contributed by atoms with van der Waals surface area (Å²) < 4.78 is 24.8. The van der Waals surface area contributed by atoms with E-state index in [0.717, 1.165) is 0 Å². The molecule has 0 aliphatic carbocycles. The normalized spacial score (nSPS) is 10.4. The number of carbonyl (C=O) groups is 1. The molecule has 0 radical (unpaired) electrons. The van der Waals surface area contributed by atoms with Gasteiger partial charge in [0.25, 0.3) is 0 Å². The van der Waals surface area contributed by atoms with E-state index < -0.39 is 11.6 Å². The van der Waals surface area contributed by atoms with E-state index >= 15 is 0 Å². The van der Waals surface area contributed by atoms with Crippen LogP contribution >= 0.6 is 15.9 Å². The molecule has 0 saturated heterocycles. The third-order valence-corrected chi connectivity index (χ3v) is 3.53. The first-order chi connectivity index (χ1) is 10.1. The third-order valence-electron chi connectivity index (χ3n) is 2.87. The summed E-state index contributed by atoms with van der Waals surface area (Å²) in [6, 6.07) is 11.2. The van der Waals surface area contributed by atoms with E-state index in [1.54, 1.807) is 37.4 Å². The second kappa shape index (κ2) is 7.33. The van der Waals surface area contributed by atoms with E-state index in [9.17, 15) is 9.18 Å². The summed E-state index contributed by atoms with van der Waals surface area (Å²) in [5.74, 6) is -0.580. The summed E-state index contributed by atoms with van der Waals surface area (Å²) in [5, 5.41) is 0. The summed E-state index contributed by atoms with van der Waals surface area (Å²) in [7, 11) is 1.57. The lowest BCUT2D eigenvalue weighted by molar-refractivity contribution is 0.102. The van der Waals surface area contributed by atoms with Gasteiger partial charge in [0.05, 0.1) is 17.7 Å². The number of halogens is 2. The minimum atomic E-state index is -0.568. The first-order valence-electron chi connectivity index (χ1n) is 6.34. The Balaban J connectivity index is 2.35. The minimum absolute atomic E-state index is 0.000270. The molecule has 0 saturated carbocycles. The van der Waals surface area contributed by atoms with Crippen molar-refractivity contribution in [3.8, 4) is 5.75 Å². The Labute approximate surface area is 130 Å². The van der Waals surface area contributed by atoms with Crippen LogP contribution in [0.5, 0.6) is 5.75 Å². The summed E-state index contributed by atoms with van der Waals surface area (Å²) in [5.41, 5.74) is 0.319. The number of ketones is 1. The van der Waals surface area contributed by atoms with Crippen molar-refractivity contribution in [1.82, 2.24) is 0 Å². The highest BCUT2D eigenvalue weighted by Gasteiger charge is 2.20. The van der Waals surface area contributed by atoms with Crippen molar-refractivity contribution >= 4 is 21.7 Å². The predicted molar refractivity (Wildman–Crippen MR) is 81.3 cm³/mol. The Morgan fingerprint density at radius 1 is 1.14 bits per heavy atom. The van der Waals surface area contributed by atoms with Crippen LogP contribution in [0.1, 0.15) is 15.9 Å². The Kier molecular flexibility index (Phi) is 5.47. The molecule has 21 heavy (non-hydrogen) atoms. The molecular weight excluding hydrogens is 339 g/mol. The molecule has 2 aromatic rings. The SMILES string of the molecule is COCCOc1ccccc1C(=O)c1c(F)cccc1Br. The lowest BCUT2D eigenvalue weighted by atomic mass is 10.0. The monoisotopic (exact) mass is 352 g/mol. The van der Waals surface area contributed by atoms with E-state index in [2.05, 4.69) is 15.9 Å². The average molecular weight is 353 g/mol. The van der Waals surface area contributed by atoms with Gasteiger partial charge in [0.1, 0.15) is 18.2 Å². The molecular formula is C16H14BrFO3. The molecule has 0 spiro atoms. The molecule has 0 unspecified atom stereocenters. The number of hydrogen-bond donors (Lipinski definition) is 0. The van der Waals surface area contributed by atoms with Crippen LogP contribution in [0.2, 0.25) is 0 Å². The fourth-order valence-corrected chi connectivity index (χ4v) is 2.39. The topological polar surface area (TPSA) is 35.5 Å². The number of methoxy groups -OCH3 is 1. The largest absolute Gasteiger partial charge is 0.490 e. The van der Waals surface area contributed by atoms with Crippen molar-refractivity contribution < 1.29 is 18.7 Å². The van der Waals surface area contributed by atoms with Gasteiger partial charge in [-0.05, 0) is 40.2 Å². The number of hydrogen-bond acceptors (Lipinski definition) is 3. The van der Waals surface area contributed by atoms with E-state index in [4.69, 9.17) is 9.47 Å². The lowest BCUT2D eigenvalue weighted by Crippen LogP contribution is -2.10. The van der Waals surface area contributed by atoms with E-state index in [0.29, 0.717) is 29.0 Å². The second-order valence-corrected chi connectivity index (χ2v) is 5.12. The maximum atomic E-state index is 13.9. The molecule has 3 nitrogen and oxygen atoms in total. The fourth-order valence-electron chi connectivity index (χ4n) is 1.86. The average Bonchev–Trinajstić information content (AvgIpc) is 2.47. The van der Waals surface area contributed by atoms with Gasteiger partial charge < -0.3 is 9.47 Å². The van der Waals surface area contributed by atoms with Gasteiger partial charge in [-0.1, -0.05) is 18.2 Å². The number of para-hydroxylation sites is 1. The van der Waals surface area contributed by atoms with Gasteiger partial charge >= 0.3 is 0 Å². The summed E-state index contributed by atoms with van der Waals surface area (Å²) >= 11 is 3.21. The molecule has 0 bridgehead atoms. The van der Waals surface area contributed by atoms with E-state index in [1.807, 2.05) is 0 Å². The smallest absolute Gasteiger partial charge is 0.200 e. The van der Waals surface area contributed by atoms with Crippen LogP contribution in [0.25, 0.3) is 0 Å². The maximum absolute atomic E-state index is 13.9. The van der Waals surface area contributed by atoms with Gasteiger partial charge in [0, 0.05) is 11.6 Å². The summed E-state index contributed by atoms with van der Waals surface area (Å²) in [4.78, 5) is 12.6. The molecule has 5 heteroatoms. The van der Waals surface area contributed by atoms with Gasteiger partial charge in [0.2, 0.25) is 5.78 Å². The zero-order valence-electron chi connectivity index (χ0n) is 11.4. The van der Waals surface area contributed by atoms with Crippen molar-refractivity contribution in [3.05, 3.63) is 63.9 Å². The Morgan fingerprint density at radius 3 is 2.62 bits per heavy atom. The Morgan fingerprint density at radius 2 is 1.90 bits per heavy atom. The van der Waals surface area contributed by atoms with E-state index in [1.165, 1.54) is 12.1 Å². The first kappa shape index (κ1) is 15.7. The van der Waals surface area contributed by atoms with Crippen molar-refractivity contribution in [1.29, 1.82) is 0 Å². The first-order valence-corrected chi connectivity index (χ1v) is 7.14. The quantitative estimate of drug-likeness (QED) is 0.585. The standard InChI is InChI=1S/C16H14BrFO3/c1-20-9-10-21-14-8-3-2-5-11(14)16(19)15-12(17)6-4-7-13(15)18/h2-8H,9-10H2,1H3. The molecule has 2 aromatic carbocycles. The van der Waals surface area contributed by atoms with Crippen LogP contribution in [0, 0.1) is 5.82 Å². The van der Waals surface area contributed by atoms with E-state index in [-0.39, 0.29) is 5.56 Å². The van der Waals surface area contributed by atoms with Crippen LogP contribution in [0.3, 0.4) is 0 Å². The Bertz CT molecular complexity index is 623. The van der Waals surface area contributed by atoms with Crippen LogP contribution < -0.4 is 4.74 Å². The molecule has 0 N–H and O–H groups in total. The van der Waals surface area contributed by atoms with Gasteiger partial charge in [-0.25, -0.2) is 4.39 Å². The Hall–Kier alpha value is -1.72. The van der Waals surface area contributed by atoms with Crippen LogP contribution in [0.15, 0.2) is 46.9 Å². The van der Waals surface area contributed by atoms with Crippen molar-refractivity contribution in [2.75, 3.05) is 20.3 Å². The number of carbonyl (C=O) groups excluding carboxylic acids is 1. The molecule has 0 fully saturated rings. The number of ether oxygens (including phenoxy) is 2. The lowest BCUT2D eigenvalue weighted by Gasteiger charge is -2.11.